The van der Waals surface area contributed by atoms with E-state index < -0.39 is 18.1 Å². The predicted octanol–water partition coefficient (Wildman–Crippen LogP) is 4.93. The van der Waals surface area contributed by atoms with E-state index in [0.717, 1.165) is 17.5 Å². The van der Waals surface area contributed by atoms with Gasteiger partial charge in [-0.1, -0.05) is 43.3 Å². The molecule has 2 fully saturated rings. The summed E-state index contributed by atoms with van der Waals surface area (Å²) in [6, 6.07) is 22.1. The van der Waals surface area contributed by atoms with Gasteiger partial charge in [0.1, 0.15) is 12.4 Å². The van der Waals surface area contributed by atoms with Crippen molar-refractivity contribution in [3.05, 3.63) is 83.9 Å². The van der Waals surface area contributed by atoms with Crippen LogP contribution in [0.1, 0.15) is 37.4 Å². The number of fused-ring (bicyclic) bond motifs is 1. The highest BCUT2D eigenvalue weighted by Crippen LogP contribution is 2.46. The van der Waals surface area contributed by atoms with Gasteiger partial charge in [-0.2, -0.15) is 5.06 Å². The topological polar surface area (TPSA) is 77.5 Å². The molecule has 8 nitrogen and oxygen atoms in total. The number of anilines is 1. The molecule has 0 radical (unpaired) electrons. The normalized spacial score (nSPS) is 21.0. The van der Waals surface area contributed by atoms with Gasteiger partial charge in [-0.3, -0.25) is 14.4 Å². The number of imide groups is 1. The van der Waals surface area contributed by atoms with Crippen LogP contribution in [0, 0.1) is 5.92 Å². The van der Waals surface area contributed by atoms with Gasteiger partial charge in [-0.15, -0.1) is 0 Å². The van der Waals surface area contributed by atoms with E-state index in [1.54, 1.807) is 36.4 Å². The summed E-state index contributed by atoms with van der Waals surface area (Å²) in [6.45, 7) is 5.40. The van der Waals surface area contributed by atoms with Crippen LogP contribution in [0.15, 0.2) is 72.8 Å². The molecule has 2 amide bonds. The molecule has 0 spiro atoms. The zero-order valence-electron chi connectivity index (χ0n) is 21.8. The van der Waals surface area contributed by atoms with Gasteiger partial charge in [0.25, 0.3) is 5.91 Å². The molecule has 8 heteroatoms. The van der Waals surface area contributed by atoms with E-state index in [9.17, 15) is 9.59 Å². The van der Waals surface area contributed by atoms with Gasteiger partial charge in [0.05, 0.1) is 30.9 Å². The summed E-state index contributed by atoms with van der Waals surface area (Å²) >= 11 is 0. The van der Waals surface area contributed by atoms with Gasteiger partial charge >= 0.3 is 0 Å². The predicted molar refractivity (Wildman–Crippen MR) is 142 cm³/mol. The molecule has 0 N–H and O–H groups in total. The van der Waals surface area contributed by atoms with Gasteiger partial charge in [0.15, 0.2) is 17.6 Å². The van der Waals surface area contributed by atoms with Crippen molar-refractivity contribution in [1.29, 1.82) is 0 Å². The van der Waals surface area contributed by atoms with E-state index in [-0.39, 0.29) is 11.8 Å². The van der Waals surface area contributed by atoms with Crippen molar-refractivity contribution in [2.45, 2.75) is 39.0 Å². The highest BCUT2D eigenvalue weighted by atomic mass is 16.7. The number of carbonyl (C=O) groups is 2. The Balaban J connectivity index is 1.38. The fraction of sp³-hybridized carbons (Fsp3) is 0.333. The summed E-state index contributed by atoms with van der Waals surface area (Å²) < 4.78 is 17.6. The van der Waals surface area contributed by atoms with Crippen molar-refractivity contribution in [2.24, 2.45) is 5.92 Å². The van der Waals surface area contributed by atoms with E-state index in [1.807, 2.05) is 62.4 Å². The fourth-order valence-corrected chi connectivity index (χ4v) is 4.96. The molecule has 198 valence electrons. The third-order valence-electron chi connectivity index (χ3n) is 6.72. The molecule has 0 unspecified atom stereocenters. The van der Waals surface area contributed by atoms with E-state index in [1.165, 1.54) is 4.90 Å². The molecule has 38 heavy (non-hydrogen) atoms. The van der Waals surface area contributed by atoms with Crippen molar-refractivity contribution in [3.8, 4) is 17.2 Å². The van der Waals surface area contributed by atoms with Crippen LogP contribution >= 0.6 is 0 Å². The summed E-state index contributed by atoms with van der Waals surface area (Å²) in [7, 11) is 1.74. The molecule has 0 aromatic heterocycles. The molecule has 2 saturated heterocycles. The Morgan fingerprint density at radius 1 is 0.842 bits per heavy atom. The number of hydrogen-bond donors (Lipinski definition) is 0. The highest BCUT2D eigenvalue weighted by molar-refractivity contribution is 6.23. The summed E-state index contributed by atoms with van der Waals surface area (Å²) in [4.78, 5) is 34.1. The van der Waals surface area contributed by atoms with Crippen LogP contribution in [0.3, 0.4) is 0 Å². The number of nitrogens with zero attached hydrogens (tertiary/aromatic N) is 2. The van der Waals surface area contributed by atoms with E-state index in [4.69, 9.17) is 19.0 Å². The van der Waals surface area contributed by atoms with Crippen LogP contribution < -0.4 is 19.1 Å². The van der Waals surface area contributed by atoms with Gasteiger partial charge in [-0.05, 0) is 60.9 Å². The Labute approximate surface area is 222 Å². The van der Waals surface area contributed by atoms with Gasteiger partial charge < -0.3 is 14.2 Å². The standard InChI is InChI=1S/C30H32N2O6/c1-4-17-36-23-14-12-22(13-15-23)32-29(33)26-27(31(3)38-28(26)30(32)34)21-11-16-24(25(18-21)35-5-2)37-19-20-9-7-6-8-10-20/h6-16,18,26-28H,4-5,17,19H2,1-3H3/t26-,27+,28+/m1/s1. The lowest BCUT2D eigenvalue weighted by molar-refractivity contribution is -0.160. The maximum atomic E-state index is 13.6. The lowest BCUT2D eigenvalue weighted by atomic mass is 9.91. The smallest absolute Gasteiger partial charge is 0.265 e. The third-order valence-corrected chi connectivity index (χ3v) is 6.72. The van der Waals surface area contributed by atoms with Gasteiger partial charge in [0, 0.05) is 7.05 Å². The van der Waals surface area contributed by atoms with Crippen molar-refractivity contribution in [3.63, 3.8) is 0 Å². The maximum absolute atomic E-state index is 13.6. The molecule has 2 aliphatic rings. The Morgan fingerprint density at radius 2 is 1.61 bits per heavy atom. The molecule has 3 aromatic rings. The molecule has 0 saturated carbocycles. The molecule has 5 rings (SSSR count). The lowest BCUT2D eigenvalue weighted by Gasteiger charge is -2.25. The van der Waals surface area contributed by atoms with Crippen LogP contribution in [0.5, 0.6) is 17.2 Å². The van der Waals surface area contributed by atoms with Crippen molar-refractivity contribution < 1.29 is 28.6 Å². The number of hydroxylamine groups is 2. The van der Waals surface area contributed by atoms with Crippen LogP contribution in [-0.2, 0) is 21.0 Å². The van der Waals surface area contributed by atoms with E-state index in [0.29, 0.717) is 42.8 Å². The lowest BCUT2D eigenvalue weighted by Crippen LogP contribution is -2.36. The first-order valence-corrected chi connectivity index (χ1v) is 13.0. The van der Waals surface area contributed by atoms with E-state index in [2.05, 4.69) is 0 Å². The van der Waals surface area contributed by atoms with Crippen LogP contribution in [0.2, 0.25) is 0 Å². The zero-order chi connectivity index (χ0) is 26.6. The molecular formula is C30H32N2O6. The summed E-state index contributed by atoms with van der Waals surface area (Å²) in [6.07, 6.45) is 0.00376. The number of benzene rings is 3. The van der Waals surface area contributed by atoms with E-state index >= 15 is 0 Å². The SMILES string of the molecule is CCCOc1ccc(N2C(=O)[C@H]3[C@H](ON(C)[C@H]3c3ccc(OCc4ccccc4)c(OCC)c3)C2=O)cc1. The second-order valence-corrected chi connectivity index (χ2v) is 9.31. The minimum atomic E-state index is -0.891. The van der Waals surface area contributed by atoms with Crippen LogP contribution in [0.25, 0.3) is 0 Å². The Morgan fingerprint density at radius 3 is 2.32 bits per heavy atom. The number of hydrogen-bond acceptors (Lipinski definition) is 7. The third kappa shape index (κ3) is 4.97. The number of ether oxygens (including phenoxy) is 3. The average Bonchev–Trinajstić information content (AvgIpc) is 3.40. The Kier molecular flexibility index (Phi) is 7.62. The first-order chi connectivity index (χ1) is 18.5. The quantitative estimate of drug-likeness (QED) is 0.354. The summed E-state index contributed by atoms with van der Waals surface area (Å²) in [5, 5.41) is 1.60. The first kappa shape index (κ1) is 25.8. The number of carbonyl (C=O) groups excluding carboxylic acids is 2. The summed E-state index contributed by atoms with van der Waals surface area (Å²) in [5.74, 6) is 0.534. The fourth-order valence-electron chi connectivity index (χ4n) is 4.96. The molecule has 0 bridgehead atoms. The minimum absolute atomic E-state index is 0.293. The van der Waals surface area contributed by atoms with Crippen molar-refractivity contribution in [2.75, 3.05) is 25.2 Å². The van der Waals surface area contributed by atoms with Gasteiger partial charge in [-0.25, -0.2) is 4.90 Å². The van der Waals surface area contributed by atoms with Crippen LogP contribution in [-0.4, -0.2) is 43.2 Å². The van der Waals surface area contributed by atoms with Crippen LogP contribution in [0.4, 0.5) is 5.69 Å². The first-order valence-electron chi connectivity index (χ1n) is 13.0. The molecule has 2 heterocycles. The Hall–Kier alpha value is -3.88. The molecule has 3 aromatic carbocycles. The van der Waals surface area contributed by atoms with Gasteiger partial charge in [0.2, 0.25) is 5.91 Å². The molecule has 3 atom stereocenters. The zero-order valence-corrected chi connectivity index (χ0v) is 21.8. The minimum Gasteiger partial charge on any atom is -0.494 e. The maximum Gasteiger partial charge on any atom is 0.265 e. The average molecular weight is 517 g/mol. The highest BCUT2D eigenvalue weighted by Gasteiger charge is 2.59. The van der Waals surface area contributed by atoms with Crippen molar-refractivity contribution in [1.82, 2.24) is 5.06 Å². The second kappa shape index (κ2) is 11.2. The molecular weight excluding hydrogens is 484 g/mol. The monoisotopic (exact) mass is 516 g/mol. The largest absolute Gasteiger partial charge is 0.494 e. The summed E-state index contributed by atoms with van der Waals surface area (Å²) in [5.41, 5.74) is 2.36. The number of amides is 2. The number of rotatable bonds is 10. The Bertz CT molecular complexity index is 1280. The molecule has 0 aliphatic carbocycles. The molecule has 2 aliphatic heterocycles. The second-order valence-electron chi connectivity index (χ2n) is 9.31. The van der Waals surface area contributed by atoms with Crippen molar-refractivity contribution >= 4 is 17.5 Å².